The number of nitrogens with zero attached hydrogens (tertiary/aromatic N) is 2. The Morgan fingerprint density at radius 2 is 1.55 bits per heavy atom. The number of rotatable bonds is 23. The Bertz CT molecular complexity index is 1470. The smallest absolute Gasteiger partial charge is 0.326 e. The van der Waals surface area contributed by atoms with Crippen molar-refractivity contribution in [3.05, 3.63) is 29.8 Å². The van der Waals surface area contributed by atoms with Gasteiger partial charge in [0.25, 0.3) is 0 Å². The highest BCUT2D eigenvalue weighted by molar-refractivity contribution is 5.96. The first kappa shape index (κ1) is 46.2. The number of aliphatic imine (C=N–C) groups is 1. The van der Waals surface area contributed by atoms with E-state index in [1.54, 1.807) is 19.1 Å². The van der Waals surface area contributed by atoms with Crippen LogP contribution in [0.3, 0.4) is 0 Å². The number of nitrogens with one attached hydrogen (secondary N) is 4. The van der Waals surface area contributed by atoms with Crippen LogP contribution in [0.4, 0.5) is 0 Å². The summed E-state index contributed by atoms with van der Waals surface area (Å²) in [6.07, 6.45) is 2.67. The van der Waals surface area contributed by atoms with Crippen molar-refractivity contribution in [2.45, 2.75) is 122 Å². The van der Waals surface area contributed by atoms with Crippen molar-refractivity contribution in [2.24, 2.45) is 39.8 Å². The fourth-order valence-corrected chi connectivity index (χ4v) is 6.27. The first-order valence-electron chi connectivity index (χ1n) is 19.0. The van der Waals surface area contributed by atoms with Crippen LogP contribution in [0.2, 0.25) is 0 Å². The molecule has 1 heterocycles. The molecule has 7 atom stereocenters. The minimum absolute atomic E-state index is 0.00272. The number of aromatic hydroxyl groups is 1. The summed E-state index contributed by atoms with van der Waals surface area (Å²) < 4.78 is 0. The predicted octanol–water partition coefficient (Wildman–Crippen LogP) is -0.839. The molecule has 0 radical (unpaired) electrons. The largest absolute Gasteiger partial charge is 0.508 e. The Morgan fingerprint density at radius 3 is 2.13 bits per heavy atom. The number of carboxylic acid groups (broad SMARTS) is 1. The third-order valence-electron chi connectivity index (χ3n) is 9.58. The Labute approximate surface area is 323 Å². The maximum atomic E-state index is 14.0. The predicted molar refractivity (Wildman–Crippen MR) is 207 cm³/mol. The van der Waals surface area contributed by atoms with Crippen LogP contribution in [0, 0.1) is 11.8 Å². The molecule has 1 saturated heterocycles. The molecule has 0 saturated carbocycles. The van der Waals surface area contributed by atoms with Gasteiger partial charge in [0.05, 0.1) is 6.04 Å². The molecule has 5 amide bonds. The number of phenolic OH excluding ortho intramolecular Hbond substituents is 1. The van der Waals surface area contributed by atoms with E-state index in [0.29, 0.717) is 44.2 Å². The van der Waals surface area contributed by atoms with E-state index < -0.39 is 77.7 Å². The van der Waals surface area contributed by atoms with Gasteiger partial charge in [0.1, 0.15) is 36.0 Å². The number of guanidine groups is 1. The molecule has 0 bridgehead atoms. The second kappa shape index (κ2) is 23.1. The SMILES string of the molecule is CC[C@@H](C)[C@H](NC(=O)[C@H](Cc1ccc(O)cc1)NC(=O)[C@@H]1CCCN1C(=O)[C@H](CCCN=C(N)N)NC(=O)[C@@H](N)CCCN)C(=O)N[C@@H](CC(C)C)C(=O)O. The third kappa shape index (κ3) is 15.4. The Morgan fingerprint density at radius 1 is 0.891 bits per heavy atom. The summed E-state index contributed by atoms with van der Waals surface area (Å²) in [5.74, 6) is -4.81. The van der Waals surface area contributed by atoms with E-state index in [-0.39, 0.29) is 56.4 Å². The number of hydrogen-bond acceptors (Lipinski definition) is 10. The van der Waals surface area contributed by atoms with Crippen molar-refractivity contribution in [3.63, 3.8) is 0 Å². The minimum atomic E-state index is -1.24. The molecule has 1 aliphatic rings. The summed E-state index contributed by atoms with van der Waals surface area (Å²) in [6, 6.07) is -0.442. The van der Waals surface area contributed by atoms with Gasteiger partial charge in [-0.25, -0.2) is 4.79 Å². The summed E-state index contributed by atoms with van der Waals surface area (Å²) >= 11 is 0. The van der Waals surface area contributed by atoms with Gasteiger partial charge in [-0.15, -0.1) is 0 Å². The minimum Gasteiger partial charge on any atom is -0.508 e. The van der Waals surface area contributed by atoms with Gasteiger partial charge in [-0.05, 0) is 81.0 Å². The molecule has 1 fully saturated rings. The molecule has 0 unspecified atom stereocenters. The van der Waals surface area contributed by atoms with Gasteiger partial charge in [-0.2, -0.15) is 0 Å². The lowest BCUT2D eigenvalue weighted by molar-refractivity contribution is -0.143. The summed E-state index contributed by atoms with van der Waals surface area (Å²) in [5, 5.41) is 30.4. The second-order valence-electron chi connectivity index (χ2n) is 14.6. The molecular formula is C37H62N10O8. The maximum Gasteiger partial charge on any atom is 0.326 e. The third-order valence-corrected chi connectivity index (χ3v) is 9.58. The van der Waals surface area contributed by atoms with Gasteiger partial charge in [0.2, 0.25) is 29.5 Å². The second-order valence-corrected chi connectivity index (χ2v) is 14.6. The van der Waals surface area contributed by atoms with Gasteiger partial charge in [-0.3, -0.25) is 29.0 Å². The van der Waals surface area contributed by atoms with Crippen molar-refractivity contribution in [1.82, 2.24) is 26.2 Å². The van der Waals surface area contributed by atoms with Gasteiger partial charge in [0.15, 0.2) is 5.96 Å². The molecule has 1 aromatic rings. The first-order valence-corrected chi connectivity index (χ1v) is 19.0. The number of hydrogen-bond donors (Lipinski definition) is 10. The quantitative estimate of drug-likeness (QED) is 0.0370. The van der Waals surface area contributed by atoms with Gasteiger partial charge in [0, 0.05) is 19.5 Å². The number of carbonyl (C=O) groups is 6. The van der Waals surface area contributed by atoms with Crippen LogP contribution in [-0.4, -0.2) is 112 Å². The van der Waals surface area contributed by atoms with Gasteiger partial charge in [-0.1, -0.05) is 46.2 Å². The van der Waals surface area contributed by atoms with Crippen LogP contribution in [-0.2, 0) is 35.2 Å². The molecule has 18 heteroatoms. The summed E-state index contributed by atoms with van der Waals surface area (Å²) in [7, 11) is 0. The van der Waals surface area contributed by atoms with E-state index in [2.05, 4.69) is 26.3 Å². The lowest BCUT2D eigenvalue weighted by Crippen LogP contribution is -2.60. The molecule has 1 aliphatic heterocycles. The van der Waals surface area contributed by atoms with Crippen molar-refractivity contribution >= 4 is 41.5 Å². The van der Waals surface area contributed by atoms with E-state index in [1.807, 2.05) is 20.8 Å². The fraction of sp³-hybridized carbons (Fsp3) is 0.649. The molecule has 14 N–H and O–H groups in total. The number of carboxylic acids is 1. The lowest BCUT2D eigenvalue weighted by atomic mass is 9.96. The van der Waals surface area contributed by atoms with Crippen LogP contribution in [0.25, 0.3) is 0 Å². The number of carbonyl (C=O) groups excluding carboxylic acids is 5. The molecule has 308 valence electrons. The van der Waals surface area contributed by atoms with E-state index >= 15 is 0 Å². The highest BCUT2D eigenvalue weighted by Crippen LogP contribution is 2.21. The number of amides is 5. The maximum absolute atomic E-state index is 14.0. The lowest BCUT2D eigenvalue weighted by Gasteiger charge is -2.31. The van der Waals surface area contributed by atoms with Crippen molar-refractivity contribution in [1.29, 1.82) is 0 Å². The first-order chi connectivity index (χ1) is 26.0. The van der Waals surface area contributed by atoms with Crippen LogP contribution in [0.15, 0.2) is 29.3 Å². The van der Waals surface area contributed by atoms with Gasteiger partial charge < -0.3 is 59.3 Å². The highest BCUT2D eigenvalue weighted by Gasteiger charge is 2.40. The van der Waals surface area contributed by atoms with E-state index in [4.69, 9.17) is 22.9 Å². The number of likely N-dealkylation sites (tertiary alicyclic amines) is 1. The number of benzene rings is 1. The van der Waals surface area contributed by atoms with Crippen LogP contribution >= 0.6 is 0 Å². The molecule has 1 aromatic carbocycles. The fourth-order valence-electron chi connectivity index (χ4n) is 6.27. The summed E-state index contributed by atoms with van der Waals surface area (Å²) in [4.78, 5) is 85.8. The van der Waals surface area contributed by atoms with Gasteiger partial charge >= 0.3 is 5.97 Å². The average molecular weight is 775 g/mol. The Hall–Kier alpha value is -4.97. The monoisotopic (exact) mass is 774 g/mol. The van der Waals surface area contributed by atoms with Crippen LogP contribution < -0.4 is 44.2 Å². The Kier molecular flexibility index (Phi) is 19.4. The molecule has 0 aromatic heterocycles. The number of aliphatic carboxylic acids is 1. The highest BCUT2D eigenvalue weighted by atomic mass is 16.4. The molecule has 18 nitrogen and oxygen atoms in total. The van der Waals surface area contributed by atoms with E-state index in [0.717, 1.165) is 0 Å². The summed E-state index contributed by atoms with van der Waals surface area (Å²) in [6.45, 7) is 7.98. The zero-order chi connectivity index (χ0) is 41.2. The summed E-state index contributed by atoms with van der Waals surface area (Å²) in [5.41, 5.74) is 23.1. The number of nitrogens with two attached hydrogens (primary N) is 4. The molecule has 0 spiro atoms. The molecular weight excluding hydrogens is 712 g/mol. The molecule has 55 heavy (non-hydrogen) atoms. The number of phenols is 1. The topological polar surface area (TPSA) is 311 Å². The standard InChI is InChI=1S/C37H62N10O8/c1-5-22(4)30(34(52)45-28(36(54)55)19-21(2)3)46-32(50)27(20-23-12-14-24(48)15-13-23)44-33(51)29-11-8-18-47(29)35(53)26(10-7-17-42-37(40)41)43-31(49)25(39)9-6-16-38/h12-15,21-22,25-30,48H,5-11,16-20,38-39H2,1-4H3,(H,43,49)(H,44,51)(H,45,52)(H,46,50)(H,54,55)(H4,40,41,42)/t22-,25+,26+,27+,28+,29+,30+/m1/s1. The van der Waals surface area contributed by atoms with E-state index in [9.17, 15) is 39.0 Å². The zero-order valence-electron chi connectivity index (χ0n) is 32.5. The molecule has 0 aliphatic carbocycles. The molecule has 2 rings (SSSR count). The van der Waals surface area contributed by atoms with Crippen LogP contribution in [0.1, 0.15) is 84.6 Å². The van der Waals surface area contributed by atoms with Crippen molar-refractivity contribution in [2.75, 3.05) is 19.6 Å². The van der Waals surface area contributed by atoms with Crippen molar-refractivity contribution < 1.29 is 39.0 Å². The van der Waals surface area contributed by atoms with Crippen molar-refractivity contribution in [3.8, 4) is 5.75 Å². The average Bonchev–Trinajstić information content (AvgIpc) is 3.63. The van der Waals surface area contributed by atoms with E-state index in [1.165, 1.54) is 17.0 Å². The Balaban J connectivity index is 2.37. The zero-order valence-corrected chi connectivity index (χ0v) is 32.5. The normalized spacial score (nSPS) is 17.2. The van der Waals surface area contributed by atoms with Crippen LogP contribution in [0.5, 0.6) is 5.75 Å².